The van der Waals surface area contributed by atoms with Gasteiger partial charge in [-0.15, -0.1) is 0 Å². The Kier molecular flexibility index (Phi) is 11.5. The van der Waals surface area contributed by atoms with Crippen molar-refractivity contribution >= 4 is 11.6 Å². The molecule has 0 atom stereocenters. The van der Waals surface area contributed by atoms with Gasteiger partial charge in [-0.05, 0) is 96.9 Å². The SMILES string of the molecule is CCCCCCCc1ccc(CC[C@H]2CC[C@H](CCc3cc(F)c(-c4cc(F)c(Cl)c(F)c4)c(F)c3)CC2)cc1. The smallest absolute Gasteiger partial charge is 0.145 e. The van der Waals surface area contributed by atoms with Gasteiger partial charge in [-0.2, -0.15) is 0 Å². The molecule has 0 N–H and O–H groups in total. The highest BCUT2D eigenvalue weighted by molar-refractivity contribution is 6.31. The van der Waals surface area contributed by atoms with Crippen molar-refractivity contribution in [3.63, 3.8) is 0 Å². The molecule has 5 heteroatoms. The summed E-state index contributed by atoms with van der Waals surface area (Å²) in [7, 11) is 0. The maximum atomic E-state index is 14.8. The summed E-state index contributed by atoms with van der Waals surface area (Å²) < 4.78 is 57.2. The van der Waals surface area contributed by atoms with E-state index in [2.05, 4.69) is 31.2 Å². The van der Waals surface area contributed by atoms with Gasteiger partial charge in [-0.1, -0.05) is 94.2 Å². The third-order valence-electron chi connectivity index (χ3n) is 8.62. The number of hydrogen-bond acceptors (Lipinski definition) is 0. The molecule has 40 heavy (non-hydrogen) atoms. The molecule has 0 radical (unpaired) electrons. The van der Waals surface area contributed by atoms with Gasteiger partial charge in [0.2, 0.25) is 0 Å². The molecule has 4 rings (SSSR count). The molecule has 0 aromatic heterocycles. The van der Waals surface area contributed by atoms with Crippen molar-refractivity contribution < 1.29 is 17.6 Å². The van der Waals surface area contributed by atoms with E-state index >= 15 is 0 Å². The first kappa shape index (κ1) is 30.6. The zero-order valence-electron chi connectivity index (χ0n) is 23.6. The van der Waals surface area contributed by atoms with E-state index in [1.807, 2.05) is 0 Å². The predicted octanol–water partition coefficient (Wildman–Crippen LogP) is 11.4. The maximum absolute atomic E-state index is 14.8. The summed E-state index contributed by atoms with van der Waals surface area (Å²) in [6.45, 7) is 2.25. The van der Waals surface area contributed by atoms with E-state index in [4.69, 9.17) is 11.6 Å². The van der Waals surface area contributed by atoms with Crippen LogP contribution in [0, 0.1) is 35.1 Å². The van der Waals surface area contributed by atoms with Crippen molar-refractivity contribution in [2.75, 3.05) is 0 Å². The molecule has 3 aromatic carbocycles. The second-order valence-electron chi connectivity index (χ2n) is 11.6. The molecule has 0 spiro atoms. The van der Waals surface area contributed by atoms with Crippen LogP contribution < -0.4 is 0 Å². The lowest BCUT2D eigenvalue weighted by Gasteiger charge is -2.28. The fourth-order valence-corrected chi connectivity index (χ4v) is 6.21. The third kappa shape index (κ3) is 8.59. The van der Waals surface area contributed by atoms with E-state index in [1.54, 1.807) is 0 Å². The van der Waals surface area contributed by atoms with Gasteiger partial charge in [-0.3, -0.25) is 0 Å². The summed E-state index contributed by atoms with van der Waals surface area (Å²) in [5.74, 6) is -2.44. The van der Waals surface area contributed by atoms with Crippen LogP contribution in [0.25, 0.3) is 11.1 Å². The van der Waals surface area contributed by atoms with Crippen molar-refractivity contribution in [3.05, 3.63) is 93.5 Å². The van der Waals surface area contributed by atoms with Gasteiger partial charge >= 0.3 is 0 Å². The number of hydrogen-bond donors (Lipinski definition) is 0. The lowest BCUT2D eigenvalue weighted by molar-refractivity contribution is 0.253. The number of rotatable bonds is 13. The molecule has 0 amide bonds. The minimum absolute atomic E-state index is 0.201. The van der Waals surface area contributed by atoms with Crippen LogP contribution in [0.5, 0.6) is 0 Å². The molecule has 0 nitrogen and oxygen atoms in total. The molecular formula is C35H41ClF4. The van der Waals surface area contributed by atoms with Crippen LogP contribution in [-0.2, 0) is 19.3 Å². The molecule has 0 heterocycles. The van der Waals surface area contributed by atoms with Crippen LogP contribution in [-0.4, -0.2) is 0 Å². The number of unbranched alkanes of at least 4 members (excludes halogenated alkanes) is 4. The summed E-state index contributed by atoms with van der Waals surface area (Å²) in [5, 5.41) is -0.687. The average molecular weight is 573 g/mol. The monoisotopic (exact) mass is 572 g/mol. The zero-order valence-corrected chi connectivity index (χ0v) is 24.3. The van der Waals surface area contributed by atoms with Crippen molar-refractivity contribution in [3.8, 4) is 11.1 Å². The van der Waals surface area contributed by atoms with Gasteiger partial charge in [0.05, 0.1) is 5.56 Å². The molecule has 1 saturated carbocycles. The Balaban J connectivity index is 1.20. The van der Waals surface area contributed by atoms with Crippen LogP contribution in [0.4, 0.5) is 17.6 Å². The Morgan fingerprint density at radius 1 is 0.600 bits per heavy atom. The highest BCUT2D eigenvalue weighted by Gasteiger charge is 2.22. The van der Waals surface area contributed by atoms with Crippen molar-refractivity contribution in [1.29, 1.82) is 0 Å². The Labute approximate surface area is 242 Å². The van der Waals surface area contributed by atoms with E-state index in [0.29, 0.717) is 17.9 Å². The Morgan fingerprint density at radius 2 is 1.07 bits per heavy atom. The molecule has 0 saturated heterocycles. The molecule has 1 fully saturated rings. The van der Waals surface area contributed by atoms with E-state index in [-0.39, 0.29) is 5.56 Å². The molecule has 0 aliphatic heterocycles. The molecule has 0 unspecified atom stereocenters. The second-order valence-corrected chi connectivity index (χ2v) is 12.0. The first-order chi connectivity index (χ1) is 19.3. The lowest BCUT2D eigenvalue weighted by atomic mass is 9.77. The fourth-order valence-electron chi connectivity index (χ4n) is 6.10. The topological polar surface area (TPSA) is 0 Å². The van der Waals surface area contributed by atoms with Gasteiger partial charge < -0.3 is 0 Å². The molecule has 0 bridgehead atoms. The quantitative estimate of drug-likeness (QED) is 0.108. The average Bonchev–Trinajstić information content (AvgIpc) is 2.94. The summed E-state index contributed by atoms with van der Waals surface area (Å²) in [6, 6.07) is 13.5. The van der Waals surface area contributed by atoms with Crippen molar-refractivity contribution in [2.45, 2.75) is 96.8 Å². The highest BCUT2D eigenvalue weighted by atomic mass is 35.5. The predicted molar refractivity (Wildman–Crippen MR) is 158 cm³/mol. The third-order valence-corrected chi connectivity index (χ3v) is 8.98. The first-order valence-corrected chi connectivity index (χ1v) is 15.4. The molecule has 3 aromatic rings. The van der Waals surface area contributed by atoms with E-state index in [1.165, 1.54) is 81.0 Å². The Bertz CT molecular complexity index is 1180. The first-order valence-electron chi connectivity index (χ1n) is 15.0. The van der Waals surface area contributed by atoms with Crippen molar-refractivity contribution in [2.24, 2.45) is 11.8 Å². The largest absolute Gasteiger partial charge is 0.206 e. The normalized spacial score (nSPS) is 17.4. The minimum atomic E-state index is -1.04. The molecule has 1 aliphatic carbocycles. The second kappa shape index (κ2) is 15.1. The highest BCUT2D eigenvalue weighted by Crippen LogP contribution is 2.35. The summed E-state index contributed by atoms with van der Waals surface area (Å²) in [5.41, 5.74) is 2.81. The lowest BCUT2D eigenvalue weighted by Crippen LogP contribution is -2.16. The zero-order chi connectivity index (χ0) is 28.5. The molecule has 216 valence electrons. The minimum Gasteiger partial charge on any atom is -0.206 e. The molecule has 1 aliphatic rings. The number of halogens is 5. The standard InChI is InChI=1S/C35H41ClF4/c1-2-3-4-5-6-7-24-8-10-25(11-9-24)12-13-26-14-16-27(17-15-26)18-19-28-20-30(37)34(31(38)21-28)29-22-32(39)35(36)33(40)23-29/h8-11,20-23,26-27H,2-7,12-19H2,1H3/t26-,27-. The summed E-state index contributed by atoms with van der Waals surface area (Å²) >= 11 is 5.50. The van der Waals surface area contributed by atoms with Gasteiger partial charge in [0.25, 0.3) is 0 Å². The number of benzene rings is 3. The molecular weight excluding hydrogens is 532 g/mol. The Morgan fingerprint density at radius 3 is 1.60 bits per heavy atom. The fraction of sp³-hybridized carbons (Fsp3) is 0.486. The van der Waals surface area contributed by atoms with Gasteiger partial charge in [-0.25, -0.2) is 17.6 Å². The van der Waals surface area contributed by atoms with Crippen LogP contribution in [0.2, 0.25) is 5.02 Å². The van der Waals surface area contributed by atoms with Gasteiger partial charge in [0, 0.05) is 0 Å². The van der Waals surface area contributed by atoms with Crippen LogP contribution >= 0.6 is 11.6 Å². The van der Waals surface area contributed by atoms with Crippen LogP contribution in [0.1, 0.15) is 94.2 Å². The van der Waals surface area contributed by atoms with Gasteiger partial charge in [0.1, 0.15) is 28.3 Å². The number of aryl methyl sites for hydroxylation is 3. The summed E-state index contributed by atoms with van der Waals surface area (Å²) in [6.07, 6.45) is 16.3. The van der Waals surface area contributed by atoms with Crippen LogP contribution in [0.15, 0.2) is 48.5 Å². The maximum Gasteiger partial charge on any atom is 0.145 e. The van der Waals surface area contributed by atoms with E-state index in [0.717, 1.165) is 43.7 Å². The van der Waals surface area contributed by atoms with E-state index < -0.39 is 33.9 Å². The van der Waals surface area contributed by atoms with Crippen LogP contribution in [0.3, 0.4) is 0 Å². The van der Waals surface area contributed by atoms with Gasteiger partial charge in [0.15, 0.2) is 0 Å². The van der Waals surface area contributed by atoms with Crippen molar-refractivity contribution in [1.82, 2.24) is 0 Å². The Hall–Kier alpha value is -2.33. The summed E-state index contributed by atoms with van der Waals surface area (Å²) in [4.78, 5) is 0. The van der Waals surface area contributed by atoms with E-state index in [9.17, 15) is 17.6 Å².